The number of nitrogens with zero attached hydrogens (tertiary/aromatic N) is 2. The van der Waals surface area contributed by atoms with Crippen LogP contribution in [0.15, 0.2) is 6.20 Å². The third-order valence-corrected chi connectivity index (χ3v) is 6.81. The van der Waals surface area contributed by atoms with Gasteiger partial charge in [0.25, 0.3) is 0 Å². The second-order valence-corrected chi connectivity index (χ2v) is 8.07. The molecule has 5 aliphatic carbocycles. The van der Waals surface area contributed by atoms with Crippen molar-refractivity contribution >= 4 is 0 Å². The first-order valence-electron chi connectivity index (χ1n) is 8.55. The molecule has 2 N–H and O–H groups in total. The maximum absolute atomic E-state index is 5.93. The van der Waals surface area contributed by atoms with Crippen molar-refractivity contribution in [3.05, 3.63) is 17.5 Å². The van der Waals surface area contributed by atoms with Crippen molar-refractivity contribution in [2.24, 2.45) is 23.5 Å². The molecule has 3 heteroatoms. The lowest BCUT2D eigenvalue weighted by molar-refractivity contribution is -0.0506. The average molecular weight is 271 g/mol. The van der Waals surface area contributed by atoms with Gasteiger partial charge in [0.2, 0.25) is 0 Å². The van der Waals surface area contributed by atoms with Gasteiger partial charge in [-0.2, -0.15) is 5.10 Å². The van der Waals surface area contributed by atoms with Crippen LogP contribution in [0.4, 0.5) is 0 Å². The molecule has 4 saturated carbocycles. The molecule has 4 bridgehead atoms. The summed E-state index contributed by atoms with van der Waals surface area (Å²) in [5, 5.41) is 4.89. The van der Waals surface area contributed by atoms with Crippen LogP contribution in [0.3, 0.4) is 0 Å². The van der Waals surface area contributed by atoms with E-state index < -0.39 is 0 Å². The molecule has 108 valence electrons. The highest BCUT2D eigenvalue weighted by Gasteiger charge is 2.53. The Morgan fingerprint density at radius 2 is 1.80 bits per heavy atom. The van der Waals surface area contributed by atoms with E-state index in [1.165, 1.54) is 56.9 Å². The van der Waals surface area contributed by atoms with E-state index in [2.05, 4.69) is 10.9 Å². The van der Waals surface area contributed by atoms with Gasteiger partial charge in [0, 0.05) is 5.69 Å². The minimum Gasteiger partial charge on any atom is -0.330 e. The molecule has 0 saturated heterocycles. The van der Waals surface area contributed by atoms with Gasteiger partial charge in [-0.3, -0.25) is 4.68 Å². The van der Waals surface area contributed by atoms with Gasteiger partial charge in [-0.1, -0.05) is 0 Å². The monoisotopic (exact) mass is 271 g/mol. The van der Waals surface area contributed by atoms with E-state index in [0.717, 1.165) is 24.3 Å². The van der Waals surface area contributed by atoms with E-state index in [9.17, 15) is 0 Å². The van der Waals surface area contributed by atoms with Crippen LogP contribution < -0.4 is 5.73 Å². The minimum atomic E-state index is 0.395. The highest BCUT2D eigenvalue weighted by Crippen LogP contribution is 2.59. The number of nitrogens with two attached hydrogens (primary N) is 1. The molecule has 1 heterocycles. The SMILES string of the molecule is NCC1CCc2c1cnn2C12CC3CC(CC(C3)C1)C2. The Hall–Kier alpha value is -0.830. The van der Waals surface area contributed by atoms with Gasteiger partial charge >= 0.3 is 0 Å². The number of hydrogen-bond acceptors (Lipinski definition) is 2. The molecule has 3 nitrogen and oxygen atoms in total. The number of aromatic nitrogens is 2. The van der Waals surface area contributed by atoms with Crippen molar-refractivity contribution in [3.63, 3.8) is 0 Å². The fourth-order valence-electron chi connectivity index (χ4n) is 6.42. The Bertz CT molecular complexity index is 509. The van der Waals surface area contributed by atoms with Crippen LogP contribution in [-0.4, -0.2) is 16.3 Å². The minimum absolute atomic E-state index is 0.395. The Morgan fingerprint density at radius 3 is 2.40 bits per heavy atom. The van der Waals surface area contributed by atoms with E-state index in [1.54, 1.807) is 5.69 Å². The van der Waals surface area contributed by atoms with Crippen molar-refractivity contribution in [1.29, 1.82) is 0 Å². The second-order valence-electron chi connectivity index (χ2n) is 8.07. The summed E-state index contributed by atoms with van der Waals surface area (Å²) < 4.78 is 2.50. The Morgan fingerprint density at radius 1 is 1.15 bits per heavy atom. The quantitative estimate of drug-likeness (QED) is 0.899. The lowest BCUT2D eigenvalue weighted by Gasteiger charge is -2.57. The summed E-state index contributed by atoms with van der Waals surface area (Å²) in [6.07, 6.45) is 13.3. The maximum atomic E-state index is 5.93. The maximum Gasteiger partial charge on any atom is 0.0638 e. The number of fused-ring (bicyclic) bond motifs is 1. The highest BCUT2D eigenvalue weighted by atomic mass is 15.3. The van der Waals surface area contributed by atoms with Crippen LogP contribution in [-0.2, 0) is 12.0 Å². The molecule has 20 heavy (non-hydrogen) atoms. The largest absolute Gasteiger partial charge is 0.330 e. The molecule has 1 unspecified atom stereocenters. The van der Waals surface area contributed by atoms with Gasteiger partial charge < -0.3 is 5.73 Å². The summed E-state index contributed by atoms with van der Waals surface area (Å²) in [5.74, 6) is 3.56. The van der Waals surface area contributed by atoms with Crippen molar-refractivity contribution in [3.8, 4) is 0 Å². The molecule has 4 fully saturated rings. The Labute approximate surface area is 120 Å². The predicted molar refractivity (Wildman–Crippen MR) is 78.5 cm³/mol. The molecule has 0 spiro atoms. The fraction of sp³-hybridized carbons (Fsp3) is 0.824. The summed E-state index contributed by atoms with van der Waals surface area (Å²) in [6.45, 7) is 0.791. The summed E-state index contributed by atoms with van der Waals surface area (Å²) >= 11 is 0. The summed E-state index contributed by atoms with van der Waals surface area (Å²) in [5.41, 5.74) is 9.34. The first-order chi connectivity index (χ1) is 9.77. The standard InChI is InChI=1S/C17H25N3/c18-9-14-1-2-16-15(14)10-19-20(16)17-6-11-3-12(7-17)5-13(4-11)8-17/h10-14H,1-9,18H2. The van der Waals surface area contributed by atoms with Crippen LogP contribution >= 0.6 is 0 Å². The molecular weight excluding hydrogens is 246 g/mol. The molecule has 0 amide bonds. The molecule has 0 radical (unpaired) electrons. The zero-order valence-corrected chi connectivity index (χ0v) is 12.2. The molecular formula is C17H25N3. The number of hydrogen-bond donors (Lipinski definition) is 1. The first-order valence-corrected chi connectivity index (χ1v) is 8.55. The van der Waals surface area contributed by atoms with Crippen LogP contribution in [0.25, 0.3) is 0 Å². The van der Waals surface area contributed by atoms with E-state index in [1.807, 2.05) is 0 Å². The van der Waals surface area contributed by atoms with E-state index in [-0.39, 0.29) is 0 Å². The van der Waals surface area contributed by atoms with Crippen LogP contribution in [0.1, 0.15) is 62.1 Å². The number of rotatable bonds is 2. The van der Waals surface area contributed by atoms with Crippen LogP contribution in [0.2, 0.25) is 0 Å². The van der Waals surface area contributed by atoms with Crippen molar-refractivity contribution in [2.45, 2.75) is 62.8 Å². The molecule has 1 atom stereocenters. The molecule has 5 aliphatic rings. The average Bonchev–Trinajstić information content (AvgIpc) is 2.97. The third kappa shape index (κ3) is 1.42. The Kier molecular flexibility index (Phi) is 2.29. The van der Waals surface area contributed by atoms with Gasteiger partial charge in [0.15, 0.2) is 0 Å². The smallest absolute Gasteiger partial charge is 0.0638 e. The van der Waals surface area contributed by atoms with Crippen LogP contribution in [0.5, 0.6) is 0 Å². The highest BCUT2D eigenvalue weighted by molar-refractivity contribution is 5.30. The second kappa shape index (κ2) is 3.88. The predicted octanol–water partition coefficient (Wildman–Crippen LogP) is 2.80. The van der Waals surface area contributed by atoms with E-state index in [4.69, 9.17) is 10.8 Å². The lowest BCUT2D eigenvalue weighted by Crippen LogP contribution is -2.52. The first kappa shape index (κ1) is 11.8. The van der Waals surface area contributed by atoms with Crippen molar-refractivity contribution in [2.75, 3.05) is 6.54 Å². The summed E-state index contributed by atoms with van der Waals surface area (Å²) in [7, 11) is 0. The summed E-state index contributed by atoms with van der Waals surface area (Å²) in [6, 6.07) is 0. The van der Waals surface area contributed by atoms with Gasteiger partial charge in [-0.25, -0.2) is 0 Å². The molecule has 1 aromatic heterocycles. The van der Waals surface area contributed by atoms with Gasteiger partial charge in [0.1, 0.15) is 0 Å². The topological polar surface area (TPSA) is 43.8 Å². The lowest BCUT2D eigenvalue weighted by atomic mass is 9.53. The summed E-state index contributed by atoms with van der Waals surface area (Å²) in [4.78, 5) is 0. The Balaban J connectivity index is 1.57. The van der Waals surface area contributed by atoms with E-state index in [0.29, 0.717) is 11.5 Å². The zero-order chi connectivity index (χ0) is 13.3. The van der Waals surface area contributed by atoms with Gasteiger partial charge in [0.05, 0.1) is 11.7 Å². The van der Waals surface area contributed by atoms with Gasteiger partial charge in [-0.05, 0) is 87.1 Å². The third-order valence-electron chi connectivity index (χ3n) is 6.81. The molecule has 1 aromatic rings. The van der Waals surface area contributed by atoms with Gasteiger partial charge in [-0.15, -0.1) is 0 Å². The van der Waals surface area contributed by atoms with Crippen molar-refractivity contribution < 1.29 is 0 Å². The van der Waals surface area contributed by atoms with Crippen LogP contribution in [0, 0.1) is 17.8 Å². The molecule has 6 rings (SSSR count). The fourth-order valence-corrected chi connectivity index (χ4v) is 6.42. The normalized spacial score (nSPS) is 45.0. The molecule has 0 aromatic carbocycles. The van der Waals surface area contributed by atoms with E-state index >= 15 is 0 Å². The van der Waals surface area contributed by atoms with Crippen molar-refractivity contribution in [1.82, 2.24) is 9.78 Å². The zero-order valence-electron chi connectivity index (χ0n) is 12.2. The molecule has 0 aliphatic heterocycles.